The molecule has 4 nitrogen and oxygen atoms in total. The van der Waals surface area contributed by atoms with Gasteiger partial charge in [-0.2, -0.15) is 0 Å². The van der Waals surface area contributed by atoms with Crippen molar-refractivity contribution in [2.75, 3.05) is 7.05 Å². The predicted octanol–water partition coefficient (Wildman–Crippen LogP) is 0.238. The van der Waals surface area contributed by atoms with Crippen LogP contribution in [0.15, 0.2) is 30.3 Å². The molecule has 82 valence electrons. The summed E-state index contributed by atoms with van der Waals surface area (Å²) in [5.41, 5.74) is 1.14. The summed E-state index contributed by atoms with van der Waals surface area (Å²) in [6, 6.07) is 9.50. The van der Waals surface area contributed by atoms with Crippen LogP contribution in [0.2, 0.25) is 0 Å². The van der Waals surface area contributed by atoms with Crippen molar-refractivity contribution in [1.29, 1.82) is 0 Å². The number of amides is 2. The second kappa shape index (κ2) is 3.15. The molecule has 0 spiro atoms. The van der Waals surface area contributed by atoms with E-state index in [9.17, 15) is 9.59 Å². The summed E-state index contributed by atoms with van der Waals surface area (Å²) >= 11 is 0. The zero-order valence-corrected chi connectivity index (χ0v) is 8.96. The minimum Gasteiger partial charge on any atom is -0.283 e. The Hall–Kier alpha value is -1.68. The third-order valence-electron chi connectivity index (χ3n) is 3.30. The van der Waals surface area contributed by atoms with Gasteiger partial charge in [0.15, 0.2) is 0 Å². The van der Waals surface area contributed by atoms with Crippen LogP contribution in [0, 0.1) is 0 Å². The molecule has 2 aliphatic rings. The number of likely N-dealkylation sites (tertiary alicyclic amines) is 1. The number of piperazine rings is 1. The first kappa shape index (κ1) is 9.54. The number of likely N-dealkylation sites (N-methyl/N-ethyl adjacent to an activating group) is 1. The summed E-state index contributed by atoms with van der Waals surface area (Å²) in [6.45, 7) is 0.682. The number of imide groups is 1. The Labute approximate surface area is 93.5 Å². The predicted molar refractivity (Wildman–Crippen MR) is 57.3 cm³/mol. The molecule has 0 bridgehead atoms. The largest absolute Gasteiger partial charge is 0.283 e. The first-order valence-corrected chi connectivity index (χ1v) is 5.31. The lowest BCUT2D eigenvalue weighted by atomic mass is 10.2. The third kappa shape index (κ3) is 1.20. The van der Waals surface area contributed by atoms with Crippen LogP contribution in [0.1, 0.15) is 5.56 Å². The van der Waals surface area contributed by atoms with Crippen LogP contribution in [-0.2, 0) is 16.1 Å². The van der Waals surface area contributed by atoms with E-state index in [1.54, 1.807) is 7.05 Å². The quantitative estimate of drug-likeness (QED) is 0.525. The van der Waals surface area contributed by atoms with Crippen molar-refractivity contribution >= 4 is 11.8 Å². The molecular weight excluding hydrogens is 204 g/mol. The summed E-state index contributed by atoms with van der Waals surface area (Å²) in [5.74, 6) is -0.128. The first-order chi connectivity index (χ1) is 7.70. The van der Waals surface area contributed by atoms with Gasteiger partial charge in [-0.05, 0) is 5.56 Å². The number of hydrogen-bond donors (Lipinski definition) is 0. The Morgan fingerprint density at radius 2 is 1.62 bits per heavy atom. The molecule has 2 saturated heterocycles. The lowest BCUT2D eigenvalue weighted by Crippen LogP contribution is -2.35. The second-order valence-electron chi connectivity index (χ2n) is 4.28. The van der Waals surface area contributed by atoms with Gasteiger partial charge in [0.1, 0.15) is 12.1 Å². The fourth-order valence-corrected chi connectivity index (χ4v) is 2.33. The van der Waals surface area contributed by atoms with E-state index in [0.717, 1.165) is 5.56 Å². The average molecular weight is 216 g/mol. The Morgan fingerprint density at radius 3 is 2.19 bits per heavy atom. The van der Waals surface area contributed by atoms with Crippen molar-refractivity contribution in [3.63, 3.8) is 0 Å². The van der Waals surface area contributed by atoms with Crippen LogP contribution in [0.3, 0.4) is 0 Å². The van der Waals surface area contributed by atoms with E-state index in [1.165, 1.54) is 4.90 Å². The Bertz CT molecular complexity index is 435. The highest BCUT2D eigenvalue weighted by Crippen LogP contribution is 2.38. The standard InChI is InChI=1S/C12H12N2O2/c1-13-11(15)9-10(12(13)16)14(9)7-8-5-3-2-4-6-8/h2-6,9-10H,7H2,1H3. The maximum atomic E-state index is 11.6. The van der Waals surface area contributed by atoms with Gasteiger partial charge in [0, 0.05) is 13.6 Å². The van der Waals surface area contributed by atoms with Crippen molar-refractivity contribution in [3.8, 4) is 0 Å². The SMILES string of the molecule is CN1C(=O)C2C(C1=O)N2Cc1ccccc1. The van der Waals surface area contributed by atoms with Gasteiger partial charge in [0.2, 0.25) is 11.8 Å². The summed E-state index contributed by atoms with van der Waals surface area (Å²) in [7, 11) is 1.55. The monoisotopic (exact) mass is 216 g/mol. The fraction of sp³-hybridized carbons (Fsp3) is 0.333. The lowest BCUT2D eigenvalue weighted by molar-refractivity contribution is -0.140. The van der Waals surface area contributed by atoms with Crippen LogP contribution < -0.4 is 0 Å². The van der Waals surface area contributed by atoms with E-state index in [0.29, 0.717) is 6.54 Å². The zero-order valence-electron chi connectivity index (χ0n) is 8.96. The first-order valence-electron chi connectivity index (χ1n) is 5.31. The molecule has 3 rings (SSSR count). The molecule has 0 radical (unpaired) electrons. The van der Waals surface area contributed by atoms with Crippen molar-refractivity contribution < 1.29 is 9.59 Å². The molecule has 2 atom stereocenters. The maximum Gasteiger partial charge on any atom is 0.248 e. The van der Waals surface area contributed by atoms with E-state index >= 15 is 0 Å². The smallest absolute Gasteiger partial charge is 0.248 e. The van der Waals surface area contributed by atoms with E-state index in [-0.39, 0.29) is 23.9 Å². The number of benzene rings is 1. The molecule has 4 heteroatoms. The molecule has 16 heavy (non-hydrogen) atoms. The normalized spacial score (nSPS) is 31.8. The van der Waals surface area contributed by atoms with Crippen molar-refractivity contribution in [2.45, 2.75) is 18.6 Å². The topological polar surface area (TPSA) is 40.4 Å². The summed E-state index contributed by atoms with van der Waals surface area (Å²) in [4.78, 5) is 26.4. The summed E-state index contributed by atoms with van der Waals surface area (Å²) in [5, 5.41) is 0. The van der Waals surface area contributed by atoms with Crippen LogP contribution in [-0.4, -0.2) is 40.7 Å². The molecule has 0 aliphatic carbocycles. The van der Waals surface area contributed by atoms with Gasteiger partial charge in [-0.15, -0.1) is 0 Å². The Morgan fingerprint density at radius 1 is 1.06 bits per heavy atom. The summed E-state index contributed by atoms with van der Waals surface area (Å²) < 4.78 is 0. The molecule has 0 N–H and O–H groups in total. The molecule has 2 amide bonds. The molecule has 2 aliphatic heterocycles. The van der Waals surface area contributed by atoms with Gasteiger partial charge in [-0.25, -0.2) is 0 Å². The molecule has 2 heterocycles. The van der Waals surface area contributed by atoms with Crippen LogP contribution in [0.5, 0.6) is 0 Å². The lowest BCUT2D eigenvalue weighted by Gasteiger charge is -2.13. The Kier molecular flexibility index (Phi) is 1.88. The number of nitrogens with zero attached hydrogens (tertiary/aromatic N) is 2. The van der Waals surface area contributed by atoms with Gasteiger partial charge in [-0.1, -0.05) is 30.3 Å². The second-order valence-corrected chi connectivity index (χ2v) is 4.28. The van der Waals surface area contributed by atoms with Crippen molar-refractivity contribution in [2.24, 2.45) is 0 Å². The van der Waals surface area contributed by atoms with Crippen LogP contribution in [0.4, 0.5) is 0 Å². The van der Waals surface area contributed by atoms with Gasteiger partial charge >= 0.3 is 0 Å². The minimum absolute atomic E-state index is 0.0640. The third-order valence-corrected chi connectivity index (χ3v) is 3.30. The van der Waals surface area contributed by atoms with Gasteiger partial charge < -0.3 is 0 Å². The van der Waals surface area contributed by atoms with E-state index < -0.39 is 0 Å². The minimum atomic E-state index is -0.197. The number of fused-ring (bicyclic) bond motifs is 1. The molecule has 1 aromatic carbocycles. The molecule has 1 aromatic rings. The number of hydrogen-bond acceptors (Lipinski definition) is 3. The van der Waals surface area contributed by atoms with E-state index in [1.807, 2.05) is 35.2 Å². The molecule has 2 unspecified atom stereocenters. The number of rotatable bonds is 2. The van der Waals surface area contributed by atoms with Gasteiger partial charge in [-0.3, -0.25) is 19.4 Å². The highest BCUT2D eigenvalue weighted by atomic mass is 16.2. The number of carbonyl (C=O) groups excluding carboxylic acids is 2. The molecule has 2 fully saturated rings. The van der Waals surface area contributed by atoms with Crippen LogP contribution in [0.25, 0.3) is 0 Å². The molecular formula is C12H12N2O2. The average Bonchev–Trinajstić information content (AvgIpc) is 2.95. The maximum absolute atomic E-state index is 11.6. The fourth-order valence-electron chi connectivity index (χ4n) is 2.33. The van der Waals surface area contributed by atoms with E-state index in [4.69, 9.17) is 0 Å². The molecule has 0 aromatic heterocycles. The highest BCUT2D eigenvalue weighted by Gasteiger charge is 2.64. The number of carbonyl (C=O) groups is 2. The molecule has 0 saturated carbocycles. The van der Waals surface area contributed by atoms with Gasteiger partial charge in [0.25, 0.3) is 0 Å². The van der Waals surface area contributed by atoms with Crippen molar-refractivity contribution in [3.05, 3.63) is 35.9 Å². The van der Waals surface area contributed by atoms with Crippen LogP contribution >= 0.6 is 0 Å². The zero-order chi connectivity index (χ0) is 11.3. The van der Waals surface area contributed by atoms with Crippen molar-refractivity contribution in [1.82, 2.24) is 9.80 Å². The van der Waals surface area contributed by atoms with Gasteiger partial charge in [0.05, 0.1) is 0 Å². The summed E-state index contributed by atoms with van der Waals surface area (Å²) in [6.07, 6.45) is 0. The highest BCUT2D eigenvalue weighted by molar-refractivity contribution is 6.12. The van der Waals surface area contributed by atoms with E-state index in [2.05, 4.69) is 0 Å². The Balaban J connectivity index is 1.74.